The summed E-state index contributed by atoms with van der Waals surface area (Å²) in [4.78, 5) is 12.1. The molecule has 1 aromatic carbocycles. The van der Waals surface area contributed by atoms with Crippen LogP contribution in [-0.2, 0) is 26.1 Å². The maximum absolute atomic E-state index is 12.9. The van der Waals surface area contributed by atoms with Crippen molar-refractivity contribution < 1.29 is 27.4 Å². The van der Waals surface area contributed by atoms with Crippen LogP contribution in [0.5, 0.6) is 0 Å². The molecule has 7 nitrogen and oxygen atoms in total. The average molecular weight is 388 g/mol. The molecule has 0 bridgehead atoms. The van der Waals surface area contributed by atoms with Crippen LogP contribution in [0.2, 0.25) is 0 Å². The van der Waals surface area contributed by atoms with Crippen molar-refractivity contribution in [3.8, 4) is 0 Å². The summed E-state index contributed by atoms with van der Waals surface area (Å²) in [6, 6.07) is 5.35. The van der Waals surface area contributed by atoms with E-state index in [4.69, 9.17) is 4.74 Å². The summed E-state index contributed by atoms with van der Waals surface area (Å²) in [7, 11) is -3.39. The van der Waals surface area contributed by atoms with Gasteiger partial charge in [-0.25, -0.2) is 17.5 Å². The van der Waals surface area contributed by atoms with Gasteiger partial charge in [0.1, 0.15) is 5.82 Å². The second-order valence-electron chi connectivity index (χ2n) is 6.29. The number of ether oxygens (including phenoxy) is 1. The topological polar surface area (TPSA) is 105 Å². The summed E-state index contributed by atoms with van der Waals surface area (Å²) in [6.45, 7) is 1.49. The normalized spacial score (nSPS) is 23.6. The molecule has 3 atom stereocenters. The van der Waals surface area contributed by atoms with Gasteiger partial charge in [0.15, 0.2) is 0 Å². The van der Waals surface area contributed by atoms with Gasteiger partial charge in [-0.15, -0.1) is 0 Å². The van der Waals surface area contributed by atoms with Crippen molar-refractivity contribution in [1.29, 1.82) is 0 Å². The van der Waals surface area contributed by atoms with Crippen molar-refractivity contribution in [2.75, 3.05) is 12.4 Å². The van der Waals surface area contributed by atoms with E-state index in [1.807, 2.05) is 0 Å². The van der Waals surface area contributed by atoms with E-state index in [9.17, 15) is 22.7 Å². The predicted octanol–water partition coefficient (Wildman–Crippen LogP) is 0.680. The van der Waals surface area contributed by atoms with Crippen LogP contribution >= 0.6 is 0 Å². The van der Waals surface area contributed by atoms with Crippen molar-refractivity contribution in [1.82, 2.24) is 10.0 Å². The zero-order chi connectivity index (χ0) is 19.2. The Labute approximate surface area is 153 Å². The molecule has 0 aliphatic carbocycles. The highest BCUT2D eigenvalue weighted by Gasteiger charge is 2.33. The number of carbonyl (C=O) groups is 1. The summed E-state index contributed by atoms with van der Waals surface area (Å²) < 4.78 is 44.5. The minimum absolute atomic E-state index is 0.0448. The molecule has 0 saturated carbocycles. The average Bonchev–Trinajstić information content (AvgIpc) is 2.62. The molecular weight excluding hydrogens is 363 g/mol. The molecule has 1 fully saturated rings. The monoisotopic (exact) mass is 388 g/mol. The predicted molar refractivity (Wildman–Crippen MR) is 94.2 cm³/mol. The number of rotatable bonds is 8. The first-order valence-corrected chi connectivity index (χ1v) is 10.3. The molecule has 0 radical (unpaired) electrons. The number of carbonyl (C=O) groups excluding carboxylic acids is 1. The van der Waals surface area contributed by atoms with E-state index in [0.717, 1.165) is 5.56 Å². The summed E-state index contributed by atoms with van der Waals surface area (Å²) in [6.07, 6.45) is 0.0468. The van der Waals surface area contributed by atoms with Crippen LogP contribution in [0.25, 0.3) is 0 Å². The van der Waals surface area contributed by atoms with Gasteiger partial charge < -0.3 is 15.2 Å². The number of benzene rings is 1. The molecule has 1 amide bonds. The van der Waals surface area contributed by atoms with Crippen molar-refractivity contribution in [2.24, 2.45) is 0 Å². The number of sulfonamides is 1. The summed E-state index contributed by atoms with van der Waals surface area (Å²) in [5.74, 6) is -0.598. The number of hydrogen-bond acceptors (Lipinski definition) is 5. The van der Waals surface area contributed by atoms with Gasteiger partial charge in [0.25, 0.3) is 0 Å². The van der Waals surface area contributed by atoms with Crippen LogP contribution < -0.4 is 10.0 Å². The van der Waals surface area contributed by atoms with Crippen LogP contribution in [0.15, 0.2) is 24.3 Å². The van der Waals surface area contributed by atoms with Crippen LogP contribution in [0.4, 0.5) is 4.39 Å². The zero-order valence-electron chi connectivity index (χ0n) is 14.7. The van der Waals surface area contributed by atoms with E-state index in [2.05, 4.69) is 10.0 Å². The van der Waals surface area contributed by atoms with E-state index in [1.165, 1.54) is 19.1 Å². The highest BCUT2D eigenvalue weighted by Crippen LogP contribution is 2.22. The lowest BCUT2D eigenvalue weighted by Gasteiger charge is -2.35. The summed E-state index contributed by atoms with van der Waals surface area (Å²) in [5.41, 5.74) is 0.784. The van der Waals surface area contributed by atoms with Crippen LogP contribution in [0.1, 0.15) is 31.7 Å². The van der Waals surface area contributed by atoms with Crippen LogP contribution in [0.3, 0.4) is 0 Å². The highest BCUT2D eigenvalue weighted by atomic mass is 32.2. The van der Waals surface area contributed by atoms with Crippen molar-refractivity contribution in [3.05, 3.63) is 35.6 Å². The molecule has 1 aliphatic heterocycles. The van der Waals surface area contributed by atoms with Gasteiger partial charge in [-0.1, -0.05) is 12.1 Å². The Morgan fingerprint density at radius 2 is 2.00 bits per heavy atom. The molecule has 2 rings (SSSR count). The molecule has 3 N–H and O–H groups in total. The second-order valence-corrected chi connectivity index (χ2v) is 8.33. The Kier molecular flexibility index (Phi) is 7.51. The van der Waals surface area contributed by atoms with Crippen LogP contribution in [0, 0.1) is 5.82 Å². The Bertz CT molecular complexity index is 696. The first-order valence-electron chi connectivity index (χ1n) is 8.60. The van der Waals surface area contributed by atoms with Gasteiger partial charge in [-0.3, -0.25) is 4.79 Å². The maximum atomic E-state index is 12.9. The van der Waals surface area contributed by atoms with Gasteiger partial charge in [0.05, 0.1) is 37.0 Å². The maximum Gasteiger partial charge on any atom is 0.222 e. The molecule has 1 heterocycles. The quantitative estimate of drug-likeness (QED) is 0.607. The second kappa shape index (κ2) is 9.40. The van der Waals surface area contributed by atoms with Crippen molar-refractivity contribution in [3.63, 3.8) is 0 Å². The Morgan fingerprint density at radius 1 is 1.31 bits per heavy atom. The third-order valence-corrected chi connectivity index (χ3v) is 5.74. The van der Waals surface area contributed by atoms with Gasteiger partial charge in [-0.05, 0) is 37.5 Å². The number of aliphatic hydroxyl groups is 1. The minimum atomic E-state index is -3.39. The Balaban J connectivity index is 1.81. The fourth-order valence-electron chi connectivity index (χ4n) is 2.81. The van der Waals surface area contributed by atoms with Crippen molar-refractivity contribution >= 4 is 15.9 Å². The zero-order valence-corrected chi connectivity index (χ0v) is 15.5. The lowest BCUT2D eigenvalue weighted by Crippen LogP contribution is -2.51. The molecule has 0 aromatic heterocycles. The SMILES string of the molecule is CCS(=O)(=O)N[C@H]1CC[C@H](CC(=O)NCc2ccc(F)cc2)O[C@H]1CO. The van der Waals surface area contributed by atoms with Gasteiger partial charge >= 0.3 is 0 Å². The van der Waals surface area contributed by atoms with E-state index in [0.29, 0.717) is 12.8 Å². The largest absolute Gasteiger partial charge is 0.394 e. The number of amides is 1. The first kappa shape index (κ1) is 20.8. The van der Waals surface area contributed by atoms with E-state index in [-0.39, 0.29) is 43.2 Å². The molecule has 1 aliphatic rings. The fraction of sp³-hybridized carbons (Fsp3) is 0.588. The molecule has 1 aromatic rings. The minimum Gasteiger partial charge on any atom is -0.394 e. The van der Waals surface area contributed by atoms with E-state index in [1.54, 1.807) is 12.1 Å². The number of halogens is 1. The number of nitrogens with one attached hydrogen (secondary N) is 2. The standard InChI is InChI=1S/C17H25FN2O5S/c1-2-26(23,24)20-15-8-7-14(25-16(15)11-21)9-17(22)19-10-12-3-5-13(18)6-4-12/h3-6,14-16,20-21H,2,7-11H2,1H3,(H,19,22)/t14-,15+,16+/m1/s1. The molecule has 26 heavy (non-hydrogen) atoms. The smallest absolute Gasteiger partial charge is 0.222 e. The molecule has 1 saturated heterocycles. The van der Waals surface area contributed by atoms with E-state index >= 15 is 0 Å². The van der Waals surface area contributed by atoms with Gasteiger partial charge in [0, 0.05) is 6.54 Å². The third kappa shape index (κ3) is 6.31. The van der Waals surface area contributed by atoms with Crippen LogP contribution in [-0.4, -0.2) is 50.0 Å². The number of hydrogen-bond donors (Lipinski definition) is 3. The van der Waals surface area contributed by atoms with E-state index < -0.39 is 22.2 Å². The highest BCUT2D eigenvalue weighted by molar-refractivity contribution is 7.89. The van der Waals surface area contributed by atoms with Gasteiger partial charge in [0.2, 0.25) is 15.9 Å². The molecule has 0 unspecified atom stereocenters. The molecule has 146 valence electrons. The molecule has 9 heteroatoms. The first-order chi connectivity index (χ1) is 12.3. The lowest BCUT2D eigenvalue weighted by molar-refractivity contribution is -0.130. The van der Waals surface area contributed by atoms with Crippen molar-refractivity contribution in [2.45, 2.75) is 51.0 Å². The number of aliphatic hydroxyl groups excluding tert-OH is 1. The third-order valence-electron chi connectivity index (χ3n) is 4.32. The Morgan fingerprint density at radius 3 is 2.62 bits per heavy atom. The Hall–Kier alpha value is -1.55. The van der Waals surface area contributed by atoms with Gasteiger partial charge in [-0.2, -0.15) is 0 Å². The lowest BCUT2D eigenvalue weighted by atomic mass is 9.98. The molecule has 0 spiro atoms. The molecular formula is C17H25FN2O5S. The summed E-state index contributed by atoms with van der Waals surface area (Å²) >= 11 is 0. The summed E-state index contributed by atoms with van der Waals surface area (Å²) in [5, 5.41) is 12.2. The fourth-order valence-corrected chi connectivity index (χ4v) is 3.71.